The Balaban J connectivity index is 2.71. The average Bonchev–Trinajstić information content (AvgIpc) is 2.37. The number of carbonyl (C=O) groups is 2. The van der Waals surface area contributed by atoms with E-state index in [-0.39, 0.29) is 25.0 Å². The van der Waals surface area contributed by atoms with Crippen molar-refractivity contribution in [2.75, 3.05) is 13.6 Å². The Morgan fingerprint density at radius 2 is 2.00 bits per heavy atom. The summed E-state index contributed by atoms with van der Waals surface area (Å²) in [5.74, 6) is -0.911. The number of carboxylic acids is 1. The maximum Gasteiger partial charge on any atom is 0.320 e. The van der Waals surface area contributed by atoms with E-state index in [2.05, 4.69) is 0 Å². The summed E-state index contributed by atoms with van der Waals surface area (Å²) in [7, 11) is 1.69. The van der Waals surface area contributed by atoms with Crippen molar-refractivity contribution in [1.82, 2.24) is 9.80 Å². The third-order valence-corrected chi connectivity index (χ3v) is 3.31. The first-order valence-corrected chi connectivity index (χ1v) is 7.17. The van der Waals surface area contributed by atoms with Crippen LogP contribution in [0, 0.1) is 0 Å². The molecule has 6 heteroatoms. The summed E-state index contributed by atoms with van der Waals surface area (Å²) < 4.78 is 0. The van der Waals surface area contributed by atoms with E-state index in [4.69, 9.17) is 16.7 Å². The lowest BCUT2D eigenvalue weighted by Crippen LogP contribution is -2.45. The zero-order valence-electron chi connectivity index (χ0n) is 12.5. The fourth-order valence-electron chi connectivity index (χ4n) is 1.99. The number of hydrogen-bond acceptors (Lipinski definition) is 2. The molecule has 0 saturated carbocycles. The molecule has 0 atom stereocenters. The number of urea groups is 1. The molecule has 0 aliphatic heterocycles. The Kier molecular flexibility index (Phi) is 6.49. The molecule has 0 aliphatic carbocycles. The van der Waals surface area contributed by atoms with Crippen LogP contribution < -0.4 is 0 Å². The van der Waals surface area contributed by atoms with Crippen LogP contribution in [0.2, 0.25) is 5.02 Å². The van der Waals surface area contributed by atoms with Crippen LogP contribution in [0.3, 0.4) is 0 Å². The number of halogens is 1. The molecule has 116 valence electrons. The lowest BCUT2D eigenvalue weighted by molar-refractivity contribution is -0.137. The van der Waals surface area contributed by atoms with E-state index < -0.39 is 5.97 Å². The molecule has 1 aromatic carbocycles. The molecule has 1 rings (SSSR count). The predicted octanol–water partition coefficient (Wildman–Crippen LogP) is 3.08. The van der Waals surface area contributed by atoms with E-state index in [1.165, 1.54) is 0 Å². The van der Waals surface area contributed by atoms with Gasteiger partial charge in [0.2, 0.25) is 0 Å². The molecule has 0 unspecified atom stereocenters. The van der Waals surface area contributed by atoms with Crippen molar-refractivity contribution in [1.29, 1.82) is 0 Å². The second-order valence-electron chi connectivity index (χ2n) is 5.20. The minimum Gasteiger partial charge on any atom is -0.481 e. The van der Waals surface area contributed by atoms with Gasteiger partial charge in [0.05, 0.1) is 6.42 Å². The van der Waals surface area contributed by atoms with Crippen LogP contribution in [-0.4, -0.2) is 46.5 Å². The van der Waals surface area contributed by atoms with Gasteiger partial charge in [-0.15, -0.1) is 0 Å². The van der Waals surface area contributed by atoms with Gasteiger partial charge in [0.25, 0.3) is 0 Å². The van der Waals surface area contributed by atoms with E-state index in [1.807, 2.05) is 32.0 Å². The van der Waals surface area contributed by atoms with Gasteiger partial charge >= 0.3 is 12.0 Å². The summed E-state index contributed by atoms with van der Waals surface area (Å²) in [5.41, 5.74) is 0.931. The molecule has 21 heavy (non-hydrogen) atoms. The third-order valence-electron chi connectivity index (χ3n) is 3.07. The normalized spacial score (nSPS) is 10.5. The predicted molar refractivity (Wildman–Crippen MR) is 82.4 cm³/mol. The van der Waals surface area contributed by atoms with Gasteiger partial charge in [0.1, 0.15) is 0 Å². The standard InChI is InChI=1S/C15H21ClN2O3/c1-11(2)18(8-7-14(19)20)15(21)17(3)10-12-5-4-6-13(16)9-12/h4-6,9,11H,7-8,10H2,1-3H3,(H,19,20). The van der Waals surface area contributed by atoms with Gasteiger partial charge in [-0.2, -0.15) is 0 Å². The number of nitrogens with zero attached hydrogens (tertiary/aromatic N) is 2. The average molecular weight is 313 g/mol. The molecule has 1 N–H and O–H groups in total. The van der Waals surface area contributed by atoms with Crippen molar-refractivity contribution < 1.29 is 14.7 Å². The highest BCUT2D eigenvalue weighted by Crippen LogP contribution is 2.13. The topological polar surface area (TPSA) is 60.9 Å². The van der Waals surface area contributed by atoms with Crippen LogP contribution in [0.15, 0.2) is 24.3 Å². The summed E-state index contributed by atoms with van der Waals surface area (Å²) >= 11 is 5.93. The smallest absolute Gasteiger partial charge is 0.320 e. The SMILES string of the molecule is CC(C)N(CCC(=O)O)C(=O)N(C)Cc1cccc(Cl)c1. The monoisotopic (exact) mass is 312 g/mol. The highest BCUT2D eigenvalue weighted by Gasteiger charge is 2.21. The van der Waals surface area contributed by atoms with Crippen molar-refractivity contribution in [3.05, 3.63) is 34.9 Å². The van der Waals surface area contributed by atoms with Crippen molar-refractivity contribution >= 4 is 23.6 Å². The number of benzene rings is 1. The van der Waals surface area contributed by atoms with Crippen LogP contribution in [0.4, 0.5) is 4.79 Å². The fourth-order valence-corrected chi connectivity index (χ4v) is 2.20. The number of hydrogen-bond donors (Lipinski definition) is 1. The fraction of sp³-hybridized carbons (Fsp3) is 0.467. The molecule has 0 heterocycles. The molecule has 0 fully saturated rings. The summed E-state index contributed by atoms with van der Waals surface area (Å²) in [6.07, 6.45) is -0.0606. The Labute approximate surface area is 130 Å². The molecule has 0 spiro atoms. The second-order valence-corrected chi connectivity index (χ2v) is 5.64. The van der Waals surface area contributed by atoms with Gasteiger partial charge in [-0.3, -0.25) is 4.79 Å². The molecule has 0 saturated heterocycles. The number of amides is 2. The van der Waals surface area contributed by atoms with E-state index in [9.17, 15) is 9.59 Å². The number of aliphatic carboxylic acids is 1. The zero-order chi connectivity index (χ0) is 16.0. The molecule has 0 aliphatic rings. The van der Waals surface area contributed by atoms with E-state index >= 15 is 0 Å². The van der Waals surface area contributed by atoms with Crippen molar-refractivity contribution in [3.8, 4) is 0 Å². The molecule has 0 bridgehead atoms. The molecule has 5 nitrogen and oxygen atoms in total. The van der Waals surface area contributed by atoms with Gasteiger partial charge in [-0.05, 0) is 31.5 Å². The zero-order valence-corrected chi connectivity index (χ0v) is 13.3. The molecule has 0 radical (unpaired) electrons. The molecule has 0 aromatic heterocycles. The Hall–Kier alpha value is -1.75. The van der Waals surface area contributed by atoms with Gasteiger partial charge in [0.15, 0.2) is 0 Å². The summed E-state index contributed by atoms with van der Waals surface area (Å²) in [6, 6.07) is 7.07. The number of rotatable bonds is 6. The Bertz CT molecular complexity index is 505. The van der Waals surface area contributed by atoms with Crippen LogP contribution in [0.25, 0.3) is 0 Å². The van der Waals surface area contributed by atoms with Gasteiger partial charge in [0, 0.05) is 31.2 Å². The van der Waals surface area contributed by atoms with Crippen LogP contribution in [0.1, 0.15) is 25.8 Å². The highest BCUT2D eigenvalue weighted by atomic mass is 35.5. The largest absolute Gasteiger partial charge is 0.481 e. The van der Waals surface area contributed by atoms with Gasteiger partial charge in [-0.1, -0.05) is 23.7 Å². The van der Waals surface area contributed by atoms with Crippen molar-refractivity contribution in [3.63, 3.8) is 0 Å². The maximum absolute atomic E-state index is 12.4. The van der Waals surface area contributed by atoms with E-state index in [1.54, 1.807) is 22.9 Å². The Morgan fingerprint density at radius 3 is 2.52 bits per heavy atom. The van der Waals surface area contributed by atoms with Crippen LogP contribution in [0.5, 0.6) is 0 Å². The van der Waals surface area contributed by atoms with E-state index in [0.717, 1.165) is 5.56 Å². The quantitative estimate of drug-likeness (QED) is 0.878. The first-order chi connectivity index (χ1) is 9.81. The number of carboxylic acid groups (broad SMARTS) is 1. The van der Waals surface area contributed by atoms with Crippen molar-refractivity contribution in [2.24, 2.45) is 0 Å². The van der Waals surface area contributed by atoms with E-state index in [0.29, 0.717) is 11.6 Å². The minimum atomic E-state index is -0.911. The highest BCUT2D eigenvalue weighted by molar-refractivity contribution is 6.30. The molecule has 2 amide bonds. The minimum absolute atomic E-state index is 0.0568. The third kappa shape index (κ3) is 5.63. The van der Waals surface area contributed by atoms with Crippen LogP contribution >= 0.6 is 11.6 Å². The first-order valence-electron chi connectivity index (χ1n) is 6.79. The summed E-state index contributed by atoms with van der Waals surface area (Å²) in [4.78, 5) is 26.2. The number of carbonyl (C=O) groups excluding carboxylic acids is 1. The van der Waals surface area contributed by atoms with Crippen LogP contribution in [-0.2, 0) is 11.3 Å². The maximum atomic E-state index is 12.4. The lowest BCUT2D eigenvalue weighted by atomic mass is 10.2. The molecular weight excluding hydrogens is 292 g/mol. The Morgan fingerprint density at radius 1 is 1.33 bits per heavy atom. The molecule has 1 aromatic rings. The summed E-state index contributed by atoms with van der Waals surface area (Å²) in [6.45, 7) is 4.36. The van der Waals surface area contributed by atoms with Gasteiger partial charge in [-0.25, -0.2) is 4.79 Å². The first kappa shape index (κ1) is 17.3. The molecular formula is C15H21ClN2O3. The summed E-state index contributed by atoms with van der Waals surface area (Å²) in [5, 5.41) is 9.39. The lowest BCUT2D eigenvalue weighted by Gasteiger charge is -2.31. The van der Waals surface area contributed by atoms with Crippen molar-refractivity contribution in [2.45, 2.75) is 32.9 Å². The van der Waals surface area contributed by atoms with Gasteiger partial charge < -0.3 is 14.9 Å². The second kappa shape index (κ2) is 7.88.